The zero-order valence-corrected chi connectivity index (χ0v) is 15.0. The molecule has 0 amide bonds. The molecule has 128 valence electrons. The van der Waals surface area contributed by atoms with E-state index < -0.39 is 0 Å². The smallest absolute Gasteiger partial charge is 0.135 e. The van der Waals surface area contributed by atoms with Crippen molar-refractivity contribution >= 4 is 40.5 Å². The quantitative estimate of drug-likeness (QED) is 0.624. The van der Waals surface area contributed by atoms with Gasteiger partial charge in [-0.1, -0.05) is 41.4 Å². The number of aromatic nitrogens is 2. The number of benzene rings is 2. The van der Waals surface area contributed by atoms with Gasteiger partial charge in [0.1, 0.15) is 23.7 Å². The van der Waals surface area contributed by atoms with Crippen LogP contribution < -0.4 is 15.4 Å². The third kappa shape index (κ3) is 4.53. The summed E-state index contributed by atoms with van der Waals surface area (Å²) in [5.41, 5.74) is 1.84. The lowest BCUT2D eigenvalue weighted by molar-refractivity contribution is 0.410. The van der Waals surface area contributed by atoms with Gasteiger partial charge in [-0.3, -0.25) is 0 Å². The van der Waals surface area contributed by atoms with Crippen molar-refractivity contribution in [2.75, 3.05) is 17.7 Å². The fraction of sp³-hybridized carbons (Fsp3) is 0.111. The third-order valence-electron chi connectivity index (χ3n) is 3.51. The van der Waals surface area contributed by atoms with E-state index in [2.05, 4.69) is 20.6 Å². The summed E-state index contributed by atoms with van der Waals surface area (Å²) >= 11 is 12.0. The van der Waals surface area contributed by atoms with Gasteiger partial charge in [0.25, 0.3) is 0 Å². The van der Waals surface area contributed by atoms with Gasteiger partial charge in [-0.15, -0.1) is 0 Å². The van der Waals surface area contributed by atoms with Gasteiger partial charge in [0.2, 0.25) is 0 Å². The lowest BCUT2D eigenvalue weighted by Gasteiger charge is -2.11. The van der Waals surface area contributed by atoms with Gasteiger partial charge in [0.15, 0.2) is 0 Å². The molecule has 0 saturated carbocycles. The maximum atomic E-state index is 6.03. The normalized spacial score (nSPS) is 10.4. The summed E-state index contributed by atoms with van der Waals surface area (Å²) in [7, 11) is 1.66. The predicted molar refractivity (Wildman–Crippen MR) is 102 cm³/mol. The van der Waals surface area contributed by atoms with Crippen LogP contribution in [0.25, 0.3) is 0 Å². The molecule has 2 aromatic carbocycles. The summed E-state index contributed by atoms with van der Waals surface area (Å²) in [4.78, 5) is 8.45. The third-order valence-corrected chi connectivity index (χ3v) is 4.25. The topological polar surface area (TPSA) is 59.1 Å². The minimum Gasteiger partial charge on any atom is -0.496 e. The van der Waals surface area contributed by atoms with Gasteiger partial charge in [-0.05, 0) is 24.3 Å². The summed E-state index contributed by atoms with van der Waals surface area (Å²) in [6.07, 6.45) is 1.49. The number of ether oxygens (including phenoxy) is 1. The molecule has 7 heteroatoms. The number of rotatable bonds is 6. The predicted octanol–water partition coefficient (Wildman–Crippen LogP) is 5.15. The molecule has 1 aromatic heterocycles. The van der Waals surface area contributed by atoms with Gasteiger partial charge in [-0.2, -0.15) is 0 Å². The molecule has 3 aromatic rings. The summed E-state index contributed by atoms with van der Waals surface area (Å²) in [5.74, 6) is 2.18. The van der Waals surface area contributed by atoms with Gasteiger partial charge in [-0.25, -0.2) is 9.97 Å². The number of hydrogen-bond acceptors (Lipinski definition) is 5. The van der Waals surface area contributed by atoms with E-state index in [4.69, 9.17) is 27.9 Å². The number of halogens is 2. The second kappa shape index (κ2) is 8.05. The molecule has 2 N–H and O–H groups in total. The van der Waals surface area contributed by atoms with Crippen molar-refractivity contribution in [2.24, 2.45) is 0 Å². The van der Waals surface area contributed by atoms with E-state index in [0.717, 1.165) is 17.0 Å². The van der Waals surface area contributed by atoms with Crippen LogP contribution in [0.2, 0.25) is 10.0 Å². The fourth-order valence-electron chi connectivity index (χ4n) is 2.28. The second-order valence-corrected chi connectivity index (χ2v) is 6.02. The minimum absolute atomic E-state index is 0.482. The van der Waals surface area contributed by atoms with E-state index >= 15 is 0 Å². The molecule has 3 rings (SSSR count). The van der Waals surface area contributed by atoms with E-state index in [1.54, 1.807) is 19.2 Å². The van der Waals surface area contributed by atoms with Crippen molar-refractivity contribution < 1.29 is 4.74 Å². The van der Waals surface area contributed by atoms with Crippen molar-refractivity contribution in [1.82, 2.24) is 9.97 Å². The summed E-state index contributed by atoms with van der Waals surface area (Å²) in [5, 5.41) is 7.43. The Morgan fingerprint density at radius 3 is 2.56 bits per heavy atom. The highest BCUT2D eigenvalue weighted by Crippen LogP contribution is 2.27. The van der Waals surface area contributed by atoms with E-state index in [1.165, 1.54) is 6.33 Å². The fourth-order valence-corrected chi connectivity index (χ4v) is 2.58. The number of para-hydroxylation sites is 1. The minimum atomic E-state index is 0.482. The van der Waals surface area contributed by atoms with E-state index in [9.17, 15) is 0 Å². The highest BCUT2D eigenvalue weighted by Gasteiger charge is 2.04. The molecule has 5 nitrogen and oxygen atoms in total. The Kier molecular flexibility index (Phi) is 5.58. The lowest BCUT2D eigenvalue weighted by atomic mass is 10.2. The molecule has 0 aliphatic rings. The molecule has 0 fully saturated rings. The van der Waals surface area contributed by atoms with E-state index in [0.29, 0.717) is 28.2 Å². The van der Waals surface area contributed by atoms with Crippen LogP contribution in [0.4, 0.5) is 17.3 Å². The maximum Gasteiger partial charge on any atom is 0.135 e. The molecule has 0 spiro atoms. The number of methoxy groups -OCH3 is 1. The Morgan fingerprint density at radius 1 is 0.960 bits per heavy atom. The van der Waals surface area contributed by atoms with Crippen LogP contribution in [0.3, 0.4) is 0 Å². The summed E-state index contributed by atoms with van der Waals surface area (Å²) in [6, 6.07) is 15.0. The Morgan fingerprint density at radius 2 is 1.76 bits per heavy atom. The molecule has 0 atom stereocenters. The van der Waals surface area contributed by atoms with Crippen molar-refractivity contribution in [2.45, 2.75) is 6.54 Å². The zero-order valence-electron chi connectivity index (χ0n) is 13.5. The summed E-state index contributed by atoms with van der Waals surface area (Å²) < 4.78 is 5.35. The highest BCUT2D eigenvalue weighted by molar-refractivity contribution is 6.42. The highest BCUT2D eigenvalue weighted by atomic mass is 35.5. The molecule has 0 bridgehead atoms. The molecule has 0 unspecified atom stereocenters. The van der Waals surface area contributed by atoms with Crippen LogP contribution in [-0.2, 0) is 6.54 Å². The molecule has 0 aliphatic heterocycles. The lowest BCUT2D eigenvalue weighted by Crippen LogP contribution is -2.04. The Labute approximate surface area is 156 Å². The molecule has 25 heavy (non-hydrogen) atoms. The van der Waals surface area contributed by atoms with Crippen LogP contribution in [0, 0.1) is 0 Å². The molecule has 1 heterocycles. The molecule has 0 saturated heterocycles. The molecular weight excluding hydrogens is 359 g/mol. The second-order valence-electron chi connectivity index (χ2n) is 5.21. The van der Waals surface area contributed by atoms with Crippen LogP contribution in [0.5, 0.6) is 5.75 Å². The van der Waals surface area contributed by atoms with Crippen LogP contribution in [0.1, 0.15) is 5.56 Å². The van der Waals surface area contributed by atoms with Crippen LogP contribution in [0.15, 0.2) is 54.9 Å². The maximum absolute atomic E-state index is 6.03. The average molecular weight is 375 g/mol. The van der Waals surface area contributed by atoms with Crippen LogP contribution >= 0.6 is 23.2 Å². The van der Waals surface area contributed by atoms with Gasteiger partial charge < -0.3 is 15.4 Å². The van der Waals surface area contributed by atoms with Gasteiger partial charge in [0, 0.05) is 23.9 Å². The Balaban J connectivity index is 1.70. The van der Waals surface area contributed by atoms with Gasteiger partial charge in [0.05, 0.1) is 17.2 Å². The number of nitrogens with one attached hydrogen (secondary N) is 2. The van der Waals surface area contributed by atoms with Crippen LogP contribution in [-0.4, -0.2) is 17.1 Å². The first-order chi connectivity index (χ1) is 12.2. The standard InChI is InChI=1S/C18H16Cl2N4O/c1-25-16-5-3-2-4-12(16)10-21-17-9-18(23-11-22-17)24-13-6-7-14(19)15(20)8-13/h2-9,11H,10H2,1H3,(H2,21,22,23,24). The molecule has 0 radical (unpaired) electrons. The zero-order chi connectivity index (χ0) is 17.6. The SMILES string of the molecule is COc1ccccc1CNc1cc(Nc2ccc(Cl)c(Cl)c2)ncn1. The largest absolute Gasteiger partial charge is 0.496 e. The average Bonchev–Trinajstić information content (AvgIpc) is 2.63. The molecule has 0 aliphatic carbocycles. The molecular formula is C18H16Cl2N4O. The Hall–Kier alpha value is -2.50. The van der Waals surface area contributed by atoms with Crippen molar-refractivity contribution in [1.29, 1.82) is 0 Å². The first kappa shape index (κ1) is 17.3. The summed E-state index contributed by atoms with van der Waals surface area (Å²) in [6.45, 7) is 0.591. The monoisotopic (exact) mass is 374 g/mol. The number of anilines is 3. The number of hydrogen-bond donors (Lipinski definition) is 2. The van der Waals surface area contributed by atoms with Crippen molar-refractivity contribution in [3.8, 4) is 5.75 Å². The number of nitrogens with zero attached hydrogens (tertiary/aromatic N) is 2. The van der Waals surface area contributed by atoms with Crippen molar-refractivity contribution in [3.05, 3.63) is 70.5 Å². The first-order valence-corrected chi connectivity index (χ1v) is 8.31. The van der Waals surface area contributed by atoms with E-state index in [1.807, 2.05) is 36.4 Å². The first-order valence-electron chi connectivity index (χ1n) is 7.55. The van der Waals surface area contributed by atoms with E-state index in [-0.39, 0.29) is 0 Å². The van der Waals surface area contributed by atoms with Crippen molar-refractivity contribution in [3.63, 3.8) is 0 Å². The Bertz CT molecular complexity index is 873. The van der Waals surface area contributed by atoms with Gasteiger partial charge >= 0.3 is 0 Å².